The number of benzene rings is 1. The highest BCUT2D eigenvalue weighted by Gasteiger charge is 2.18. The van der Waals surface area contributed by atoms with Gasteiger partial charge in [-0.25, -0.2) is 0 Å². The molecule has 0 saturated heterocycles. The Kier molecular flexibility index (Phi) is 9.30. The Balaban J connectivity index is 2.50. The van der Waals surface area contributed by atoms with Crippen LogP contribution in [0.1, 0.15) is 38.8 Å². The van der Waals surface area contributed by atoms with Crippen molar-refractivity contribution in [1.29, 1.82) is 0 Å². The van der Waals surface area contributed by atoms with Crippen LogP contribution >= 0.6 is 0 Å². The fourth-order valence-electron chi connectivity index (χ4n) is 2.20. The molecular weight excluding hydrogens is 332 g/mol. The standard InChI is InChI=1S/C20H32N2O4/c1-13(2)11-25-19(23)17(21)9-15-5-7-16(8-6-15)10-18(22)20(24)26-12-14(3)4/h5-8,13-14,17-18H,9-12,21-22H2,1-4H3/t17-,18-/m0/s1. The van der Waals surface area contributed by atoms with Crippen LogP contribution in [-0.4, -0.2) is 37.2 Å². The Hall–Kier alpha value is -1.92. The van der Waals surface area contributed by atoms with Gasteiger partial charge in [0.2, 0.25) is 0 Å². The van der Waals surface area contributed by atoms with Crippen LogP contribution in [0, 0.1) is 11.8 Å². The van der Waals surface area contributed by atoms with E-state index in [0.29, 0.717) is 26.1 Å². The molecule has 0 aromatic heterocycles. The Morgan fingerprint density at radius 3 is 1.35 bits per heavy atom. The van der Waals surface area contributed by atoms with E-state index in [9.17, 15) is 9.59 Å². The summed E-state index contributed by atoms with van der Waals surface area (Å²) in [6.07, 6.45) is 0.805. The topological polar surface area (TPSA) is 105 Å². The van der Waals surface area contributed by atoms with Gasteiger partial charge in [0.15, 0.2) is 0 Å². The molecule has 6 nitrogen and oxygen atoms in total. The Morgan fingerprint density at radius 2 is 1.08 bits per heavy atom. The van der Waals surface area contributed by atoms with Crippen LogP contribution < -0.4 is 11.5 Å². The van der Waals surface area contributed by atoms with Crippen LogP contribution in [0.25, 0.3) is 0 Å². The first-order valence-electron chi connectivity index (χ1n) is 9.11. The minimum Gasteiger partial charge on any atom is -0.464 e. The molecule has 1 rings (SSSR count). The third-order valence-corrected chi connectivity index (χ3v) is 3.66. The first kappa shape index (κ1) is 22.1. The van der Waals surface area contributed by atoms with Crippen LogP contribution in [0.15, 0.2) is 24.3 Å². The maximum Gasteiger partial charge on any atom is 0.323 e. The van der Waals surface area contributed by atoms with E-state index in [0.717, 1.165) is 11.1 Å². The molecule has 0 heterocycles. The SMILES string of the molecule is CC(C)COC(=O)[C@@H](N)Cc1ccc(C[C@H](N)C(=O)OCC(C)C)cc1. The van der Waals surface area contributed by atoms with Crippen molar-refractivity contribution in [2.45, 2.75) is 52.6 Å². The third kappa shape index (κ3) is 8.45. The van der Waals surface area contributed by atoms with E-state index in [1.54, 1.807) is 0 Å². The molecule has 0 radical (unpaired) electrons. The number of hydrogen-bond acceptors (Lipinski definition) is 6. The quantitative estimate of drug-likeness (QED) is 0.614. The molecule has 4 N–H and O–H groups in total. The summed E-state index contributed by atoms with van der Waals surface area (Å²) >= 11 is 0. The first-order valence-corrected chi connectivity index (χ1v) is 9.11. The predicted molar refractivity (Wildman–Crippen MR) is 101 cm³/mol. The summed E-state index contributed by atoms with van der Waals surface area (Å²) in [6, 6.07) is 6.17. The fourth-order valence-corrected chi connectivity index (χ4v) is 2.20. The van der Waals surface area contributed by atoms with Gasteiger partial charge in [-0.1, -0.05) is 52.0 Å². The average Bonchev–Trinajstić information content (AvgIpc) is 2.58. The lowest BCUT2D eigenvalue weighted by molar-refractivity contribution is -0.147. The number of nitrogens with two attached hydrogens (primary N) is 2. The van der Waals surface area contributed by atoms with Gasteiger partial charge >= 0.3 is 11.9 Å². The van der Waals surface area contributed by atoms with Gasteiger partial charge in [-0.15, -0.1) is 0 Å². The van der Waals surface area contributed by atoms with Crippen molar-refractivity contribution in [3.05, 3.63) is 35.4 Å². The number of rotatable bonds is 10. The normalized spacial score (nSPS) is 13.5. The lowest BCUT2D eigenvalue weighted by Crippen LogP contribution is -2.35. The summed E-state index contributed by atoms with van der Waals surface area (Å²) in [5.74, 6) is -0.223. The third-order valence-electron chi connectivity index (χ3n) is 3.66. The van der Waals surface area contributed by atoms with E-state index >= 15 is 0 Å². The van der Waals surface area contributed by atoms with Gasteiger partial charge in [-0.2, -0.15) is 0 Å². The molecule has 0 spiro atoms. The fraction of sp³-hybridized carbons (Fsp3) is 0.600. The monoisotopic (exact) mass is 364 g/mol. The lowest BCUT2D eigenvalue weighted by atomic mass is 10.0. The number of esters is 2. The van der Waals surface area contributed by atoms with Crippen LogP contribution in [0.2, 0.25) is 0 Å². The summed E-state index contributed by atoms with van der Waals surface area (Å²) in [5, 5.41) is 0. The summed E-state index contributed by atoms with van der Waals surface area (Å²) in [5.41, 5.74) is 13.7. The van der Waals surface area contributed by atoms with E-state index in [-0.39, 0.29) is 11.8 Å². The van der Waals surface area contributed by atoms with Crippen molar-refractivity contribution in [3.8, 4) is 0 Å². The summed E-state index contributed by atoms with van der Waals surface area (Å²) in [6.45, 7) is 8.63. The molecule has 0 aliphatic heterocycles. The number of carbonyl (C=O) groups is 2. The maximum atomic E-state index is 11.8. The summed E-state index contributed by atoms with van der Waals surface area (Å²) in [7, 11) is 0. The second-order valence-electron chi connectivity index (χ2n) is 7.49. The Labute approximate surface area is 156 Å². The zero-order valence-corrected chi connectivity index (χ0v) is 16.2. The minimum atomic E-state index is -0.687. The van der Waals surface area contributed by atoms with Gasteiger partial charge < -0.3 is 20.9 Å². The van der Waals surface area contributed by atoms with Gasteiger partial charge in [0.05, 0.1) is 13.2 Å². The molecular formula is C20H32N2O4. The molecule has 0 saturated carbocycles. The van der Waals surface area contributed by atoms with Crippen LogP contribution in [0.4, 0.5) is 0 Å². The second kappa shape index (κ2) is 10.9. The Bertz CT molecular complexity index is 519. The number of hydrogen-bond donors (Lipinski definition) is 2. The van der Waals surface area contributed by atoms with E-state index in [4.69, 9.17) is 20.9 Å². The average molecular weight is 364 g/mol. The largest absolute Gasteiger partial charge is 0.464 e. The van der Waals surface area contributed by atoms with E-state index < -0.39 is 24.0 Å². The van der Waals surface area contributed by atoms with Crippen molar-refractivity contribution in [2.75, 3.05) is 13.2 Å². The molecule has 0 bridgehead atoms. The molecule has 0 aliphatic rings. The van der Waals surface area contributed by atoms with Gasteiger partial charge in [0.1, 0.15) is 12.1 Å². The maximum absolute atomic E-state index is 11.8. The highest BCUT2D eigenvalue weighted by molar-refractivity contribution is 5.76. The smallest absolute Gasteiger partial charge is 0.323 e. The predicted octanol–water partition coefficient (Wildman–Crippen LogP) is 1.82. The van der Waals surface area contributed by atoms with Gasteiger partial charge in [0.25, 0.3) is 0 Å². The molecule has 2 atom stereocenters. The molecule has 0 amide bonds. The lowest BCUT2D eigenvalue weighted by Gasteiger charge is -2.14. The minimum absolute atomic E-state index is 0.280. The van der Waals surface area contributed by atoms with Crippen molar-refractivity contribution < 1.29 is 19.1 Å². The van der Waals surface area contributed by atoms with Crippen LogP contribution in [0.5, 0.6) is 0 Å². The molecule has 0 unspecified atom stereocenters. The van der Waals surface area contributed by atoms with Crippen LogP contribution in [0.3, 0.4) is 0 Å². The second-order valence-corrected chi connectivity index (χ2v) is 7.49. The summed E-state index contributed by atoms with van der Waals surface area (Å²) in [4.78, 5) is 23.7. The van der Waals surface area contributed by atoms with Crippen molar-refractivity contribution >= 4 is 11.9 Å². The van der Waals surface area contributed by atoms with Gasteiger partial charge in [-0.05, 0) is 35.8 Å². The molecule has 146 valence electrons. The number of ether oxygens (including phenoxy) is 2. The van der Waals surface area contributed by atoms with E-state index in [2.05, 4.69) is 0 Å². The first-order chi connectivity index (χ1) is 12.2. The molecule has 1 aromatic carbocycles. The molecule has 0 fully saturated rings. The van der Waals surface area contributed by atoms with E-state index in [1.165, 1.54) is 0 Å². The Morgan fingerprint density at radius 1 is 0.769 bits per heavy atom. The van der Waals surface area contributed by atoms with Crippen LogP contribution in [-0.2, 0) is 31.9 Å². The molecule has 0 aliphatic carbocycles. The highest BCUT2D eigenvalue weighted by atomic mass is 16.5. The summed E-state index contributed by atoms with van der Waals surface area (Å²) < 4.78 is 10.3. The number of carbonyl (C=O) groups excluding carboxylic acids is 2. The zero-order valence-electron chi connectivity index (χ0n) is 16.2. The molecule has 26 heavy (non-hydrogen) atoms. The van der Waals surface area contributed by atoms with Crippen molar-refractivity contribution in [2.24, 2.45) is 23.3 Å². The molecule has 1 aromatic rings. The van der Waals surface area contributed by atoms with Crippen molar-refractivity contribution in [1.82, 2.24) is 0 Å². The van der Waals surface area contributed by atoms with Gasteiger partial charge in [-0.3, -0.25) is 9.59 Å². The van der Waals surface area contributed by atoms with Gasteiger partial charge in [0, 0.05) is 0 Å². The zero-order chi connectivity index (χ0) is 19.7. The molecule has 6 heteroatoms. The highest BCUT2D eigenvalue weighted by Crippen LogP contribution is 2.10. The van der Waals surface area contributed by atoms with Crippen molar-refractivity contribution in [3.63, 3.8) is 0 Å². The van der Waals surface area contributed by atoms with E-state index in [1.807, 2.05) is 52.0 Å².